The number of rotatable bonds is 5. The molecule has 3 heteroatoms. The Hall–Kier alpha value is -0.770. The molecule has 1 aromatic heterocycles. The number of aryl methyl sites for hydroxylation is 1. The van der Waals surface area contributed by atoms with E-state index in [1.165, 1.54) is 10.5 Å². The van der Waals surface area contributed by atoms with Crippen LogP contribution in [0.15, 0.2) is 46.0 Å². The maximum absolute atomic E-state index is 9.03. The summed E-state index contributed by atoms with van der Waals surface area (Å²) < 4.78 is 0. The van der Waals surface area contributed by atoms with E-state index in [-0.39, 0.29) is 6.61 Å². The van der Waals surface area contributed by atoms with Gasteiger partial charge in [0.25, 0.3) is 0 Å². The molecule has 1 nitrogen and oxygen atoms in total. The van der Waals surface area contributed by atoms with Crippen molar-refractivity contribution in [3.05, 3.63) is 52.2 Å². The predicted molar refractivity (Wildman–Crippen MR) is 71.1 cm³/mol. The van der Waals surface area contributed by atoms with Gasteiger partial charge >= 0.3 is 0 Å². The molecule has 2 rings (SSSR count). The second-order valence-corrected chi connectivity index (χ2v) is 5.48. The molecule has 0 aliphatic heterocycles. The smallest absolute Gasteiger partial charge is 0.0682 e. The molecule has 1 aromatic carbocycles. The summed E-state index contributed by atoms with van der Waals surface area (Å²) in [6, 6.07) is 10.3. The van der Waals surface area contributed by atoms with E-state index in [9.17, 15) is 0 Å². The highest BCUT2D eigenvalue weighted by Gasteiger charge is 1.97. The monoisotopic (exact) mass is 250 g/mol. The van der Waals surface area contributed by atoms with E-state index in [0.717, 1.165) is 17.7 Å². The van der Waals surface area contributed by atoms with Crippen LogP contribution < -0.4 is 0 Å². The zero-order chi connectivity index (χ0) is 11.2. The Labute approximate surface area is 104 Å². The molecule has 0 unspecified atom stereocenters. The SMILES string of the molecule is OCc1cccc(SCCc2ccsc2)c1. The number of hydrogen-bond donors (Lipinski definition) is 1. The van der Waals surface area contributed by atoms with E-state index < -0.39 is 0 Å². The molecule has 16 heavy (non-hydrogen) atoms. The van der Waals surface area contributed by atoms with Crippen LogP contribution in [0, 0.1) is 0 Å². The minimum atomic E-state index is 0.124. The van der Waals surface area contributed by atoms with Crippen molar-refractivity contribution in [2.75, 3.05) is 5.75 Å². The van der Waals surface area contributed by atoms with Gasteiger partial charge in [0.1, 0.15) is 0 Å². The minimum absolute atomic E-state index is 0.124. The van der Waals surface area contributed by atoms with Gasteiger partial charge in [0.2, 0.25) is 0 Å². The van der Waals surface area contributed by atoms with E-state index in [2.05, 4.69) is 29.0 Å². The zero-order valence-corrected chi connectivity index (χ0v) is 10.6. The fourth-order valence-corrected chi connectivity index (χ4v) is 3.14. The summed E-state index contributed by atoms with van der Waals surface area (Å²) in [6.07, 6.45) is 1.11. The van der Waals surface area contributed by atoms with Crippen LogP contribution >= 0.6 is 23.1 Å². The molecule has 0 saturated heterocycles. The molecule has 0 bridgehead atoms. The normalized spacial score (nSPS) is 10.6. The fourth-order valence-electron chi connectivity index (χ4n) is 1.46. The first-order chi connectivity index (χ1) is 7.88. The van der Waals surface area contributed by atoms with Gasteiger partial charge in [-0.15, -0.1) is 11.8 Å². The van der Waals surface area contributed by atoms with E-state index in [0.29, 0.717) is 0 Å². The molecule has 0 aliphatic carbocycles. The summed E-state index contributed by atoms with van der Waals surface area (Å²) in [7, 11) is 0. The second-order valence-electron chi connectivity index (χ2n) is 3.54. The molecule has 0 saturated carbocycles. The number of aliphatic hydroxyl groups excluding tert-OH is 1. The van der Waals surface area contributed by atoms with Gasteiger partial charge in [0.05, 0.1) is 6.61 Å². The Balaban J connectivity index is 1.85. The molecule has 2 aromatic rings. The van der Waals surface area contributed by atoms with Crippen molar-refractivity contribution in [3.63, 3.8) is 0 Å². The van der Waals surface area contributed by atoms with Gasteiger partial charge < -0.3 is 5.11 Å². The lowest BCUT2D eigenvalue weighted by Crippen LogP contribution is -1.87. The van der Waals surface area contributed by atoms with Gasteiger partial charge in [-0.3, -0.25) is 0 Å². The van der Waals surface area contributed by atoms with Crippen LogP contribution in [0.1, 0.15) is 11.1 Å². The predicted octanol–water partition coefficient (Wildman–Crippen LogP) is 3.58. The van der Waals surface area contributed by atoms with Crippen molar-refractivity contribution in [1.29, 1.82) is 0 Å². The number of thiophene rings is 1. The first-order valence-electron chi connectivity index (χ1n) is 5.22. The Morgan fingerprint density at radius 2 is 2.12 bits per heavy atom. The quantitative estimate of drug-likeness (QED) is 0.819. The molecule has 0 aliphatic rings. The average Bonchev–Trinajstić information content (AvgIpc) is 2.82. The summed E-state index contributed by atoms with van der Waals surface area (Å²) in [5, 5.41) is 13.3. The molecule has 1 N–H and O–H groups in total. The van der Waals surface area contributed by atoms with Crippen LogP contribution in [0.4, 0.5) is 0 Å². The van der Waals surface area contributed by atoms with Crippen LogP contribution in [0.25, 0.3) is 0 Å². The molecule has 0 radical (unpaired) electrons. The second kappa shape index (κ2) is 6.09. The molecule has 0 atom stereocenters. The highest BCUT2D eigenvalue weighted by atomic mass is 32.2. The first-order valence-corrected chi connectivity index (χ1v) is 7.15. The highest BCUT2D eigenvalue weighted by Crippen LogP contribution is 2.21. The summed E-state index contributed by atoms with van der Waals surface area (Å²) >= 11 is 3.59. The molecule has 0 spiro atoms. The van der Waals surface area contributed by atoms with Crippen LogP contribution in [0.2, 0.25) is 0 Å². The summed E-state index contributed by atoms with van der Waals surface area (Å²) in [5.41, 5.74) is 2.40. The maximum atomic E-state index is 9.03. The van der Waals surface area contributed by atoms with Crippen LogP contribution in [0.5, 0.6) is 0 Å². The minimum Gasteiger partial charge on any atom is -0.392 e. The third kappa shape index (κ3) is 3.37. The van der Waals surface area contributed by atoms with E-state index in [1.54, 1.807) is 11.3 Å². The van der Waals surface area contributed by atoms with Gasteiger partial charge in [-0.05, 0) is 46.5 Å². The van der Waals surface area contributed by atoms with Crippen molar-refractivity contribution < 1.29 is 5.11 Å². The van der Waals surface area contributed by atoms with Crippen molar-refractivity contribution in [2.24, 2.45) is 0 Å². The lowest BCUT2D eigenvalue weighted by atomic mass is 10.2. The number of hydrogen-bond acceptors (Lipinski definition) is 3. The largest absolute Gasteiger partial charge is 0.392 e. The van der Waals surface area contributed by atoms with Gasteiger partial charge in [-0.1, -0.05) is 12.1 Å². The Morgan fingerprint density at radius 3 is 2.88 bits per heavy atom. The number of thioether (sulfide) groups is 1. The van der Waals surface area contributed by atoms with E-state index in [1.807, 2.05) is 23.9 Å². The Kier molecular flexibility index (Phi) is 4.45. The van der Waals surface area contributed by atoms with Crippen LogP contribution in [-0.2, 0) is 13.0 Å². The van der Waals surface area contributed by atoms with Crippen molar-refractivity contribution in [2.45, 2.75) is 17.9 Å². The number of benzene rings is 1. The maximum Gasteiger partial charge on any atom is 0.0682 e. The number of aliphatic hydroxyl groups is 1. The Bertz CT molecular complexity index is 423. The molecule has 0 amide bonds. The van der Waals surface area contributed by atoms with E-state index >= 15 is 0 Å². The van der Waals surface area contributed by atoms with Crippen LogP contribution in [-0.4, -0.2) is 10.9 Å². The highest BCUT2D eigenvalue weighted by molar-refractivity contribution is 7.99. The average molecular weight is 250 g/mol. The third-order valence-corrected chi connectivity index (χ3v) is 4.05. The van der Waals surface area contributed by atoms with Gasteiger partial charge in [-0.25, -0.2) is 0 Å². The van der Waals surface area contributed by atoms with Gasteiger partial charge in [0.15, 0.2) is 0 Å². The molecular formula is C13H14OS2. The molecule has 84 valence electrons. The standard InChI is InChI=1S/C13H14OS2/c14-9-12-2-1-3-13(8-12)16-7-5-11-4-6-15-10-11/h1-4,6,8,10,14H,5,7,9H2. The summed E-state index contributed by atoms with van der Waals surface area (Å²) in [5.74, 6) is 1.09. The van der Waals surface area contributed by atoms with Gasteiger partial charge in [-0.2, -0.15) is 11.3 Å². The van der Waals surface area contributed by atoms with Crippen molar-refractivity contribution in [3.8, 4) is 0 Å². The fraction of sp³-hybridized carbons (Fsp3) is 0.231. The first kappa shape index (κ1) is 11.7. The summed E-state index contributed by atoms with van der Waals surface area (Å²) in [4.78, 5) is 1.24. The summed E-state index contributed by atoms with van der Waals surface area (Å²) in [6.45, 7) is 0.124. The zero-order valence-electron chi connectivity index (χ0n) is 8.93. The lowest BCUT2D eigenvalue weighted by Gasteiger charge is -2.02. The van der Waals surface area contributed by atoms with Crippen molar-refractivity contribution in [1.82, 2.24) is 0 Å². The lowest BCUT2D eigenvalue weighted by molar-refractivity contribution is 0.281. The van der Waals surface area contributed by atoms with Gasteiger partial charge in [0, 0.05) is 10.6 Å². The van der Waals surface area contributed by atoms with E-state index in [4.69, 9.17) is 5.11 Å². The topological polar surface area (TPSA) is 20.2 Å². The van der Waals surface area contributed by atoms with Crippen LogP contribution in [0.3, 0.4) is 0 Å². The third-order valence-electron chi connectivity index (χ3n) is 2.32. The molecule has 1 heterocycles. The molecule has 0 fully saturated rings. The Morgan fingerprint density at radius 1 is 1.19 bits per heavy atom. The van der Waals surface area contributed by atoms with Crippen molar-refractivity contribution >= 4 is 23.1 Å². The molecular weight excluding hydrogens is 236 g/mol.